The first-order valence-corrected chi connectivity index (χ1v) is 8.42. The summed E-state index contributed by atoms with van der Waals surface area (Å²) in [7, 11) is 0. The monoisotopic (exact) mass is 310 g/mol. The summed E-state index contributed by atoms with van der Waals surface area (Å²) in [6, 6.07) is 12.5. The minimum absolute atomic E-state index is 0.988. The summed E-state index contributed by atoms with van der Waals surface area (Å²) < 4.78 is 1.27. The molecule has 4 nitrogen and oxygen atoms in total. The molecule has 0 aliphatic carbocycles. The topological polar surface area (TPSA) is 32.3 Å². The summed E-state index contributed by atoms with van der Waals surface area (Å²) in [4.78, 5) is 13.8. The van der Waals surface area contributed by atoms with Gasteiger partial charge in [-0.1, -0.05) is 29.5 Å². The quantitative estimate of drug-likeness (QED) is 0.744. The molecule has 2 aromatic heterocycles. The van der Waals surface area contributed by atoms with E-state index < -0.39 is 0 Å². The van der Waals surface area contributed by atoms with Crippen molar-refractivity contribution < 1.29 is 0 Å². The summed E-state index contributed by atoms with van der Waals surface area (Å²) in [5.41, 5.74) is 2.40. The number of rotatable bonds is 3. The van der Waals surface area contributed by atoms with Crippen molar-refractivity contribution in [1.82, 2.24) is 14.9 Å². The summed E-state index contributed by atoms with van der Waals surface area (Å²) in [6.45, 7) is 5.22. The largest absolute Gasteiger partial charge is 0.345 e. The van der Waals surface area contributed by atoms with E-state index in [-0.39, 0.29) is 0 Å². The van der Waals surface area contributed by atoms with Gasteiger partial charge in [-0.3, -0.25) is 9.88 Å². The summed E-state index contributed by atoms with van der Waals surface area (Å²) in [5, 5.41) is 1.15. The average molecular weight is 310 g/mol. The Labute approximate surface area is 134 Å². The molecule has 1 aromatic carbocycles. The second kappa shape index (κ2) is 6.02. The van der Waals surface area contributed by atoms with E-state index in [1.165, 1.54) is 10.3 Å². The van der Waals surface area contributed by atoms with Gasteiger partial charge in [-0.25, -0.2) is 4.98 Å². The molecule has 22 heavy (non-hydrogen) atoms. The molecular weight excluding hydrogens is 292 g/mol. The van der Waals surface area contributed by atoms with Gasteiger partial charge in [0.25, 0.3) is 0 Å². The van der Waals surface area contributed by atoms with Gasteiger partial charge in [-0.2, -0.15) is 0 Å². The van der Waals surface area contributed by atoms with Crippen molar-refractivity contribution in [3.8, 4) is 0 Å². The third kappa shape index (κ3) is 2.82. The Hall–Kier alpha value is -1.98. The second-order valence-electron chi connectivity index (χ2n) is 5.59. The molecule has 1 aliphatic heterocycles. The average Bonchev–Trinajstić information content (AvgIpc) is 3.00. The molecule has 0 N–H and O–H groups in total. The fourth-order valence-corrected chi connectivity index (χ4v) is 3.86. The van der Waals surface area contributed by atoms with Gasteiger partial charge in [-0.05, 0) is 23.8 Å². The zero-order valence-corrected chi connectivity index (χ0v) is 13.2. The molecule has 1 saturated heterocycles. The maximum Gasteiger partial charge on any atom is 0.186 e. The Bertz CT molecular complexity index is 714. The van der Waals surface area contributed by atoms with Crippen molar-refractivity contribution in [2.24, 2.45) is 0 Å². The normalized spacial score (nSPS) is 16.3. The molecule has 0 saturated carbocycles. The van der Waals surface area contributed by atoms with E-state index in [2.05, 4.69) is 45.1 Å². The zero-order chi connectivity index (χ0) is 14.8. The van der Waals surface area contributed by atoms with Crippen LogP contribution in [0.1, 0.15) is 5.56 Å². The SMILES string of the molecule is c1cncc(CN2CCN(c3nc4ccccc4s3)CC2)c1. The molecule has 0 unspecified atom stereocenters. The smallest absolute Gasteiger partial charge is 0.186 e. The third-order valence-electron chi connectivity index (χ3n) is 4.05. The predicted octanol–water partition coefficient (Wildman–Crippen LogP) is 3.01. The van der Waals surface area contributed by atoms with Crippen LogP contribution in [-0.4, -0.2) is 41.0 Å². The van der Waals surface area contributed by atoms with Crippen LogP contribution in [0.3, 0.4) is 0 Å². The minimum Gasteiger partial charge on any atom is -0.345 e. The number of para-hydroxylation sites is 1. The highest BCUT2D eigenvalue weighted by Crippen LogP contribution is 2.29. The van der Waals surface area contributed by atoms with Crippen molar-refractivity contribution in [2.45, 2.75) is 6.54 Å². The Morgan fingerprint density at radius 2 is 1.86 bits per heavy atom. The lowest BCUT2D eigenvalue weighted by molar-refractivity contribution is 0.249. The number of fused-ring (bicyclic) bond motifs is 1. The van der Waals surface area contributed by atoms with E-state index in [0.29, 0.717) is 0 Å². The predicted molar refractivity (Wildman–Crippen MR) is 91.3 cm³/mol. The van der Waals surface area contributed by atoms with E-state index >= 15 is 0 Å². The first-order valence-electron chi connectivity index (χ1n) is 7.60. The molecule has 0 atom stereocenters. The van der Waals surface area contributed by atoms with Gasteiger partial charge in [0.05, 0.1) is 10.2 Å². The third-order valence-corrected chi connectivity index (χ3v) is 5.15. The number of hydrogen-bond donors (Lipinski definition) is 0. The number of piperazine rings is 1. The molecular formula is C17H18N4S. The van der Waals surface area contributed by atoms with Gasteiger partial charge in [0, 0.05) is 45.1 Å². The van der Waals surface area contributed by atoms with Crippen LogP contribution in [0.4, 0.5) is 5.13 Å². The fraction of sp³-hybridized carbons (Fsp3) is 0.294. The van der Waals surface area contributed by atoms with Gasteiger partial charge >= 0.3 is 0 Å². The van der Waals surface area contributed by atoms with Crippen LogP contribution in [0.15, 0.2) is 48.8 Å². The van der Waals surface area contributed by atoms with Crippen LogP contribution in [0.5, 0.6) is 0 Å². The zero-order valence-electron chi connectivity index (χ0n) is 12.4. The maximum absolute atomic E-state index is 4.76. The highest BCUT2D eigenvalue weighted by Gasteiger charge is 2.19. The van der Waals surface area contributed by atoms with Gasteiger partial charge in [0.1, 0.15) is 0 Å². The van der Waals surface area contributed by atoms with Crippen LogP contribution in [0.25, 0.3) is 10.2 Å². The van der Waals surface area contributed by atoms with Crippen LogP contribution >= 0.6 is 11.3 Å². The van der Waals surface area contributed by atoms with Crippen molar-refractivity contribution in [3.63, 3.8) is 0 Å². The second-order valence-corrected chi connectivity index (χ2v) is 6.60. The molecule has 5 heteroatoms. The lowest BCUT2D eigenvalue weighted by atomic mass is 10.2. The molecule has 1 aliphatic rings. The Kier molecular flexibility index (Phi) is 3.74. The lowest BCUT2D eigenvalue weighted by Crippen LogP contribution is -2.45. The van der Waals surface area contributed by atoms with Gasteiger partial charge < -0.3 is 4.90 Å². The Morgan fingerprint density at radius 3 is 2.64 bits per heavy atom. The molecule has 1 fully saturated rings. The number of nitrogens with zero attached hydrogens (tertiary/aromatic N) is 4. The Morgan fingerprint density at radius 1 is 1.00 bits per heavy atom. The van der Waals surface area contributed by atoms with E-state index in [0.717, 1.165) is 43.4 Å². The Balaban J connectivity index is 1.41. The van der Waals surface area contributed by atoms with Crippen molar-refractivity contribution >= 4 is 26.7 Å². The minimum atomic E-state index is 0.988. The highest BCUT2D eigenvalue weighted by molar-refractivity contribution is 7.22. The summed E-state index contributed by atoms with van der Waals surface area (Å²) in [5.74, 6) is 0. The first kappa shape index (κ1) is 13.7. The van der Waals surface area contributed by atoms with E-state index in [4.69, 9.17) is 4.98 Å². The first-order chi connectivity index (χ1) is 10.9. The number of aromatic nitrogens is 2. The maximum atomic E-state index is 4.76. The standard InChI is InChI=1S/C17H18N4S/c1-2-6-16-15(5-1)19-17(22-16)21-10-8-20(9-11-21)13-14-4-3-7-18-12-14/h1-7,12H,8-11,13H2. The number of benzene rings is 1. The van der Waals surface area contributed by atoms with E-state index in [1.807, 2.05) is 18.5 Å². The van der Waals surface area contributed by atoms with Crippen LogP contribution in [0, 0.1) is 0 Å². The summed E-state index contributed by atoms with van der Waals surface area (Å²) >= 11 is 1.80. The number of anilines is 1. The lowest BCUT2D eigenvalue weighted by Gasteiger charge is -2.34. The molecule has 3 aromatic rings. The molecule has 4 rings (SSSR count). The number of pyridine rings is 1. The van der Waals surface area contributed by atoms with Crippen LogP contribution < -0.4 is 4.90 Å². The van der Waals surface area contributed by atoms with Crippen molar-refractivity contribution in [1.29, 1.82) is 0 Å². The number of thiazole rings is 1. The summed E-state index contributed by atoms with van der Waals surface area (Å²) in [6.07, 6.45) is 3.79. The molecule has 0 spiro atoms. The van der Waals surface area contributed by atoms with E-state index in [9.17, 15) is 0 Å². The van der Waals surface area contributed by atoms with Gasteiger partial charge in [0.2, 0.25) is 0 Å². The molecule has 0 radical (unpaired) electrons. The molecule has 112 valence electrons. The highest BCUT2D eigenvalue weighted by atomic mass is 32.1. The molecule has 0 amide bonds. The van der Waals surface area contributed by atoms with Crippen LogP contribution in [0.2, 0.25) is 0 Å². The van der Waals surface area contributed by atoms with Crippen LogP contribution in [-0.2, 0) is 6.54 Å². The van der Waals surface area contributed by atoms with Crippen molar-refractivity contribution in [3.05, 3.63) is 54.4 Å². The number of hydrogen-bond acceptors (Lipinski definition) is 5. The van der Waals surface area contributed by atoms with Gasteiger partial charge in [0.15, 0.2) is 5.13 Å². The van der Waals surface area contributed by atoms with Crippen molar-refractivity contribution in [2.75, 3.05) is 31.1 Å². The molecule has 0 bridgehead atoms. The van der Waals surface area contributed by atoms with E-state index in [1.54, 1.807) is 11.3 Å². The van der Waals surface area contributed by atoms with Gasteiger partial charge in [-0.15, -0.1) is 0 Å². The fourth-order valence-electron chi connectivity index (χ4n) is 2.84. The molecule has 3 heterocycles.